The van der Waals surface area contributed by atoms with Crippen LogP contribution in [0.5, 0.6) is 0 Å². The Hall–Kier alpha value is -0.530. The van der Waals surface area contributed by atoms with E-state index in [2.05, 4.69) is 0 Å². The fraction of sp³-hybridized carbons (Fsp3) is 0.909. The second-order valence-electron chi connectivity index (χ2n) is 4.63. The van der Waals surface area contributed by atoms with Gasteiger partial charge in [-0.1, -0.05) is 25.7 Å². The highest BCUT2D eigenvalue weighted by molar-refractivity contribution is 5.77. The van der Waals surface area contributed by atoms with Crippen LogP contribution in [-0.2, 0) is 9.53 Å². The smallest absolute Gasteiger partial charge is 0.311 e. The van der Waals surface area contributed by atoms with Crippen LogP contribution in [0.3, 0.4) is 0 Å². The molecule has 2 rings (SSSR count). The molecule has 2 bridgehead atoms. The lowest BCUT2D eigenvalue weighted by molar-refractivity contribution is -0.158. The number of carbonyl (C=O) groups excluding carboxylic acids is 1. The van der Waals surface area contributed by atoms with Gasteiger partial charge in [0.2, 0.25) is 0 Å². The summed E-state index contributed by atoms with van der Waals surface area (Å²) in [5.41, 5.74) is -0.0735. The quantitative estimate of drug-likeness (QED) is 0.582. The number of carbonyl (C=O) groups is 1. The van der Waals surface area contributed by atoms with Crippen LogP contribution in [0, 0.1) is 11.3 Å². The van der Waals surface area contributed by atoms with Crippen LogP contribution in [0.15, 0.2) is 0 Å². The number of rotatable bonds is 1. The fourth-order valence-electron chi connectivity index (χ4n) is 3.19. The highest BCUT2D eigenvalue weighted by atomic mass is 16.5. The molecule has 2 nitrogen and oxygen atoms in total. The largest absolute Gasteiger partial charge is 0.469 e. The molecule has 2 aliphatic rings. The van der Waals surface area contributed by atoms with Gasteiger partial charge in [0.05, 0.1) is 12.5 Å². The maximum Gasteiger partial charge on any atom is 0.311 e. The molecule has 0 aromatic rings. The summed E-state index contributed by atoms with van der Waals surface area (Å²) in [6, 6.07) is 0. The summed E-state index contributed by atoms with van der Waals surface area (Å²) in [6.07, 6.45) is 8.34. The van der Waals surface area contributed by atoms with Gasteiger partial charge in [-0.15, -0.1) is 0 Å². The zero-order valence-corrected chi connectivity index (χ0v) is 8.34. The molecular formula is C11H18O2. The van der Waals surface area contributed by atoms with Crippen molar-refractivity contribution in [3.8, 4) is 0 Å². The first-order valence-electron chi connectivity index (χ1n) is 5.35. The highest BCUT2D eigenvalue weighted by Crippen LogP contribution is 2.49. The van der Waals surface area contributed by atoms with Gasteiger partial charge >= 0.3 is 5.97 Å². The second-order valence-corrected chi connectivity index (χ2v) is 4.63. The van der Waals surface area contributed by atoms with Crippen molar-refractivity contribution in [2.75, 3.05) is 7.11 Å². The van der Waals surface area contributed by atoms with Gasteiger partial charge in [0, 0.05) is 0 Å². The summed E-state index contributed by atoms with van der Waals surface area (Å²) in [5.74, 6) is 0.860. The Morgan fingerprint density at radius 2 is 1.92 bits per heavy atom. The third-order valence-electron chi connectivity index (χ3n) is 3.83. The van der Waals surface area contributed by atoms with Gasteiger partial charge in [0.15, 0.2) is 0 Å². The molecule has 0 aromatic heterocycles. The lowest BCUT2D eigenvalue weighted by Gasteiger charge is -2.42. The predicted octanol–water partition coefficient (Wildman–Crippen LogP) is 2.52. The van der Waals surface area contributed by atoms with Crippen molar-refractivity contribution < 1.29 is 9.53 Å². The molecule has 0 atom stereocenters. The van der Waals surface area contributed by atoms with Crippen molar-refractivity contribution in [1.29, 1.82) is 0 Å². The molecule has 0 saturated heterocycles. The van der Waals surface area contributed by atoms with Crippen molar-refractivity contribution >= 4 is 5.97 Å². The summed E-state index contributed by atoms with van der Waals surface area (Å²) >= 11 is 0. The second kappa shape index (κ2) is 3.32. The van der Waals surface area contributed by atoms with Gasteiger partial charge in [-0.25, -0.2) is 0 Å². The zero-order valence-electron chi connectivity index (χ0n) is 8.34. The average molecular weight is 182 g/mol. The van der Waals surface area contributed by atoms with Crippen LogP contribution < -0.4 is 0 Å². The summed E-state index contributed by atoms with van der Waals surface area (Å²) in [6.45, 7) is 0. The standard InChI is InChI=1S/C11H18O2/c1-13-10(12)11-6-2-4-9(8-11)5-3-7-11/h9H,2-8H2,1H3. The Balaban J connectivity index is 2.14. The van der Waals surface area contributed by atoms with E-state index in [0.29, 0.717) is 0 Å². The maximum absolute atomic E-state index is 11.7. The van der Waals surface area contributed by atoms with E-state index in [4.69, 9.17) is 4.74 Å². The maximum atomic E-state index is 11.7. The number of esters is 1. The molecule has 2 heteroatoms. The normalized spacial score (nSPS) is 38.4. The lowest BCUT2D eigenvalue weighted by atomic mass is 9.62. The van der Waals surface area contributed by atoms with Crippen molar-refractivity contribution in [3.05, 3.63) is 0 Å². The molecule has 0 aliphatic heterocycles. The molecule has 2 saturated carbocycles. The average Bonchev–Trinajstić information content (AvgIpc) is 2.17. The van der Waals surface area contributed by atoms with Crippen LogP contribution in [0.4, 0.5) is 0 Å². The van der Waals surface area contributed by atoms with Gasteiger partial charge in [-0.3, -0.25) is 4.79 Å². The van der Waals surface area contributed by atoms with E-state index >= 15 is 0 Å². The van der Waals surface area contributed by atoms with Gasteiger partial charge in [0.25, 0.3) is 0 Å². The van der Waals surface area contributed by atoms with Crippen LogP contribution in [0.1, 0.15) is 44.9 Å². The lowest BCUT2D eigenvalue weighted by Crippen LogP contribution is -2.40. The first-order valence-corrected chi connectivity index (χ1v) is 5.35. The minimum atomic E-state index is -0.0735. The van der Waals surface area contributed by atoms with Crippen molar-refractivity contribution in [2.24, 2.45) is 11.3 Å². The highest BCUT2D eigenvalue weighted by Gasteiger charge is 2.45. The fourth-order valence-corrected chi connectivity index (χ4v) is 3.19. The van der Waals surface area contributed by atoms with Crippen LogP contribution in [0.2, 0.25) is 0 Å². The Morgan fingerprint density at radius 3 is 2.46 bits per heavy atom. The molecule has 0 N–H and O–H groups in total. The Kier molecular flexibility index (Phi) is 2.31. The van der Waals surface area contributed by atoms with E-state index in [1.54, 1.807) is 0 Å². The molecule has 0 aromatic carbocycles. The molecule has 0 radical (unpaired) electrons. The van der Waals surface area contributed by atoms with E-state index in [9.17, 15) is 4.79 Å². The van der Waals surface area contributed by atoms with Gasteiger partial charge in [-0.2, -0.15) is 0 Å². The third-order valence-corrected chi connectivity index (χ3v) is 3.83. The molecule has 0 heterocycles. The van der Waals surface area contributed by atoms with Crippen LogP contribution in [0.25, 0.3) is 0 Å². The van der Waals surface area contributed by atoms with Gasteiger partial charge in [0.1, 0.15) is 0 Å². The monoisotopic (exact) mass is 182 g/mol. The third kappa shape index (κ3) is 1.47. The molecule has 0 amide bonds. The molecule has 0 spiro atoms. The number of ether oxygens (including phenoxy) is 1. The molecule has 13 heavy (non-hydrogen) atoms. The predicted molar refractivity (Wildman–Crippen MR) is 50.3 cm³/mol. The van der Waals surface area contributed by atoms with Crippen molar-refractivity contribution in [2.45, 2.75) is 44.9 Å². The Bertz CT molecular complexity index is 200. The van der Waals surface area contributed by atoms with E-state index in [1.165, 1.54) is 32.8 Å². The van der Waals surface area contributed by atoms with Gasteiger partial charge in [-0.05, 0) is 25.2 Å². The molecule has 0 unspecified atom stereocenters. The van der Waals surface area contributed by atoms with E-state index in [1.807, 2.05) is 0 Å². The van der Waals surface area contributed by atoms with E-state index < -0.39 is 0 Å². The summed E-state index contributed by atoms with van der Waals surface area (Å²) in [5, 5.41) is 0. The van der Waals surface area contributed by atoms with Gasteiger partial charge < -0.3 is 4.74 Å². The number of hydrogen-bond donors (Lipinski definition) is 0. The molecule has 74 valence electrons. The van der Waals surface area contributed by atoms with Crippen molar-refractivity contribution in [1.82, 2.24) is 0 Å². The first kappa shape index (κ1) is 9.04. The summed E-state index contributed by atoms with van der Waals surface area (Å²) in [4.78, 5) is 11.7. The number of fused-ring (bicyclic) bond motifs is 2. The minimum absolute atomic E-state index is 0.0527. The number of hydrogen-bond acceptors (Lipinski definition) is 2. The van der Waals surface area contributed by atoms with E-state index in [-0.39, 0.29) is 11.4 Å². The minimum Gasteiger partial charge on any atom is -0.469 e. The zero-order chi connectivity index (χ0) is 9.31. The van der Waals surface area contributed by atoms with Crippen LogP contribution in [-0.4, -0.2) is 13.1 Å². The molecule has 2 aliphatic carbocycles. The van der Waals surface area contributed by atoms with E-state index in [0.717, 1.165) is 25.2 Å². The summed E-state index contributed by atoms with van der Waals surface area (Å²) < 4.78 is 4.93. The topological polar surface area (TPSA) is 26.3 Å². The Morgan fingerprint density at radius 1 is 1.31 bits per heavy atom. The van der Waals surface area contributed by atoms with Crippen LogP contribution >= 0.6 is 0 Å². The summed E-state index contributed by atoms with van der Waals surface area (Å²) in [7, 11) is 1.52. The molecule has 2 fully saturated rings. The Labute approximate surface area is 79.7 Å². The SMILES string of the molecule is COC(=O)C12CCCC(CCC1)C2. The molecular weight excluding hydrogens is 164 g/mol. The first-order chi connectivity index (χ1) is 6.27. The number of methoxy groups -OCH3 is 1. The van der Waals surface area contributed by atoms with Crippen molar-refractivity contribution in [3.63, 3.8) is 0 Å².